The van der Waals surface area contributed by atoms with Crippen molar-refractivity contribution in [1.82, 2.24) is 0 Å². The molecule has 14 heavy (non-hydrogen) atoms. The Kier molecular flexibility index (Phi) is 4.23. The molecule has 0 aliphatic heterocycles. The molecule has 0 radical (unpaired) electrons. The Morgan fingerprint density at radius 1 is 1.50 bits per heavy atom. The minimum absolute atomic E-state index is 0.144. The normalized spacial score (nSPS) is 12.3. The second-order valence-electron chi connectivity index (χ2n) is 2.73. The maximum atomic E-state index is 11.3. The van der Waals surface area contributed by atoms with Crippen molar-refractivity contribution in [1.29, 1.82) is 0 Å². The second kappa shape index (κ2) is 5.01. The van der Waals surface area contributed by atoms with Crippen LogP contribution in [0.25, 0.3) is 0 Å². The summed E-state index contributed by atoms with van der Waals surface area (Å²) in [4.78, 5) is 11.0. The Morgan fingerprint density at radius 2 is 2.14 bits per heavy atom. The molecule has 1 unspecified atom stereocenters. The summed E-state index contributed by atoms with van der Waals surface area (Å²) in [5.74, 6) is -0.144. The summed E-state index contributed by atoms with van der Waals surface area (Å²) in [7, 11) is 0. The molecule has 0 fully saturated rings. The zero-order chi connectivity index (χ0) is 10.7. The van der Waals surface area contributed by atoms with Crippen LogP contribution in [0.4, 0.5) is 5.69 Å². The molecule has 0 saturated carbocycles. The van der Waals surface area contributed by atoms with Gasteiger partial charge in [-0.25, -0.2) is 0 Å². The van der Waals surface area contributed by atoms with Crippen LogP contribution in [0, 0.1) is 0 Å². The molecule has 1 aromatic carbocycles. The number of carbonyl (C=O) groups is 1. The number of amides is 1. The average molecular weight is 297 g/mol. The summed E-state index contributed by atoms with van der Waals surface area (Å²) in [6.45, 7) is 1.74. The quantitative estimate of drug-likeness (QED) is 0.828. The minimum Gasteiger partial charge on any atom is -0.324 e. The summed E-state index contributed by atoms with van der Waals surface area (Å²) in [5.41, 5.74) is 0.562. The van der Waals surface area contributed by atoms with E-state index in [0.717, 1.165) is 0 Å². The van der Waals surface area contributed by atoms with E-state index in [1.165, 1.54) is 0 Å². The van der Waals surface area contributed by atoms with Gasteiger partial charge in [0, 0.05) is 5.02 Å². The third-order valence-electron chi connectivity index (χ3n) is 1.55. The number of benzene rings is 1. The molecule has 0 saturated heterocycles. The van der Waals surface area contributed by atoms with Crippen molar-refractivity contribution in [2.24, 2.45) is 0 Å². The SMILES string of the molecule is CC(Br)C(=O)Nc1ccc(Cl)cc1Cl. The molecule has 0 heterocycles. The summed E-state index contributed by atoms with van der Waals surface area (Å²) in [5, 5.41) is 3.63. The Hall–Kier alpha value is -0.250. The van der Waals surface area contributed by atoms with Crippen LogP contribution in [0.1, 0.15) is 6.92 Å². The minimum atomic E-state index is -0.255. The van der Waals surface area contributed by atoms with Gasteiger partial charge in [-0.2, -0.15) is 0 Å². The Morgan fingerprint density at radius 3 is 2.64 bits per heavy atom. The lowest BCUT2D eigenvalue weighted by Crippen LogP contribution is -2.19. The first-order chi connectivity index (χ1) is 6.50. The molecule has 0 aliphatic rings. The number of nitrogens with one attached hydrogen (secondary N) is 1. The molecule has 1 amide bonds. The molecule has 1 rings (SSSR count). The molecular weight excluding hydrogens is 289 g/mol. The van der Waals surface area contributed by atoms with Crippen molar-refractivity contribution in [3.8, 4) is 0 Å². The summed E-state index contributed by atoms with van der Waals surface area (Å²) < 4.78 is 0. The molecule has 0 aliphatic carbocycles. The summed E-state index contributed by atoms with van der Waals surface area (Å²) >= 11 is 14.7. The van der Waals surface area contributed by atoms with Gasteiger partial charge in [-0.1, -0.05) is 39.1 Å². The predicted molar refractivity (Wildman–Crippen MR) is 63.5 cm³/mol. The third kappa shape index (κ3) is 3.15. The maximum absolute atomic E-state index is 11.3. The number of hydrogen-bond acceptors (Lipinski definition) is 1. The number of alkyl halides is 1. The number of carbonyl (C=O) groups excluding carboxylic acids is 1. The third-order valence-corrected chi connectivity index (χ3v) is 2.51. The molecule has 1 N–H and O–H groups in total. The van der Waals surface area contributed by atoms with E-state index < -0.39 is 0 Å². The highest BCUT2D eigenvalue weighted by molar-refractivity contribution is 9.10. The predicted octanol–water partition coefficient (Wildman–Crippen LogP) is 3.72. The van der Waals surface area contributed by atoms with Crippen LogP contribution < -0.4 is 5.32 Å². The van der Waals surface area contributed by atoms with Crippen molar-refractivity contribution in [2.75, 3.05) is 5.32 Å². The van der Waals surface area contributed by atoms with Gasteiger partial charge in [0.1, 0.15) is 0 Å². The molecule has 0 aromatic heterocycles. The van der Waals surface area contributed by atoms with Gasteiger partial charge in [0.15, 0.2) is 0 Å². The molecular formula is C9H8BrCl2NO. The van der Waals surface area contributed by atoms with Crippen LogP contribution in [-0.2, 0) is 4.79 Å². The molecule has 1 aromatic rings. The van der Waals surface area contributed by atoms with E-state index in [1.54, 1.807) is 25.1 Å². The molecule has 5 heteroatoms. The lowest BCUT2D eigenvalue weighted by molar-refractivity contribution is -0.115. The van der Waals surface area contributed by atoms with E-state index in [2.05, 4.69) is 21.2 Å². The van der Waals surface area contributed by atoms with Gasteiger partial charge < -0.3 is 5.32 Å². The van der Waals surface area contributed by atoms with Gasteiger partial charge in [-0.15, -0.1) is 0 Å². The monoisotopic (exact) mass is 295 g/mol. The highest BCUT2D eigenvalue weighted by Crippen LogP contribution is 2.25. The van der Waals surface area contributed by atoms with Gasteiger partial charge in [-0.3, -0.25) is 4.79 Å². The van der Waals surface area contributed by atoms with Crippen molar-refractivity contribution in [3.63, 3.8) is 0 Å². The van der Waals surface area contributed by atoms with Crippen LogP contribution in [0.2, 0.25) is 10.0 Å². The fourth-order valence-electron chi connectivity index (χ4n) is 0.823. The topological polar surface area (TPSA) is 29.1 Å². The van der Waals surface area contributed by atoms with Crippen LogP contribution >= 0.6 is 39.1 Å². The van der Waals surface area contributed by atoms with E-state index >= 15 is 0 Å². The van der Waals surface area contributed by atoms with Gasteiger partial charge >= 0.3 is 0 Å². The highest BCUT2D eigenvalue weighted by Gasteiger charge is 2.10. The maximum Gasteiger partial charge on any atom is 0.237 e. The van der Waals surface area contributed by atoms with Crippen molar-refractivity contribution in [2.45, 2.75) is 11.8 Å². The average Bonchev–Trinajstić information content (AvgIpc) is 2.09. The zero-order valence-corrected chi connectivity index (χ0v) is 10.4. The van der Waals surface area contributed by atoms with Gasteiger partial charge in [0.2, 0.25) is 5.91 Å². The van der Waals surface area contributed by atoms with Crippen molar-refractivity contribution >= 4 is 50.7 Å². The van der Waals surface area contributed by atoms with Gasteiger partial charge in [0.25, 0.3) is 0 Å². The Labute approximate surface area is 101 Å². The number of anilines is 1. The van der Waals surface area contributed by atoms with Gasteiger partial charge in [-0.05, 0) is 25.1 Å². The fraction of sp³-hybridized carbons (Fsp3) is 0.222. The summed E-state index contributed by atoms with van der Waals surface area (Å²) in [6, 6.07) is 4.91. The van der Waals surface area contributed by atoms with E-state index in [1.807, 2.05) is 0 Å². The van der Waals surface area contributed by atoms with E-state index in [4.69, 9.17) is 23.2 Å². The fourth-order valence-corrected chi connectivity index (χ4v) is 1.39. The largest absolute Gasteiger partial charge is 0.324 e. The van der Waals surface area contributed by atoms with Crippen molar-refractivity contribution in [3.05, 3.63) is 28.2 Å². The Balaban J connectivity index is 2.82. The van der Waals surface area contributed by atoms with Crippen LogP contribution in [0.15, 0.2) is 18.2 Å². The standard InChI is InChI=1S/C9H8BrCl2NO/c1-5(10)9(14)13-8-3-2-6(11)4-7(8)12/h2-5H,1H3,(H,13,14). The lowest BCUT2D eigenvalue weighted by Gasteiger charge is -2.08. The first kappa shape index (κ1) is 11.8. The molecule has 0 spiro atoms. The number of rotatable bonds is 2. The lowest BCUT2D eigenvalue weighted by atomic mass is 10.3. The van der Waals surface area contributed by atoms with E-state index in [0.29, 0.717) is 15.7 Å². The number of hydrogen-bond donors (Lipinski definition) is 1. The first-order valence-electron chi connectivity index (χ1n) is 3.90. The smallest absolute Gasteiger partial charge is 0.237 e. The second-order valence-corrected chi connectivity index (χ2v) is 4.95. The van der Waals surface area contributed by atoms with Crippen LogP contribution in [0.3, 0.4) is 0 Å². The van der Waals surface area contributed by atoms with E-state index in [-0.39, 0.29) is 10.7 Å². The number of halogens is 3. The molecule has 76 valence electrons. The van der Waals surface area contributed by atoms with Crippen molar-refractivity contribution < 1.29 is 4.79 Å². The van der Waals surface area contributed by atoms with Crippen LogP contribution in [0.5, 0.6) is 0 Å². The molecule has 1 atom stereocenters. The first-order valence-corrected chi connectivity index (χ1v) is 5.58. The molecule has 2 nitrogen and oxygen atoms in total. The molecule has 0 bridgehead atoms. The zero-order valence-electron chi connectivity index (χ0n) is 7.35. The summed E-state index contributed by atoms with van der Waals surface area (Å²) in [6.07, 6.45) is 0. The highest BCUT2D eigenvalue weighted by atomic mass is 79.9. The van der Waals surface area contributed by atoms with Gasteiger partial charge in [0.05, 0.1) is 15.5 Å². The Bertz CT molecular complexity index is 355. The van der Waals surface area contributed by atoms with E-state index in [9.17, 15) is 4.79 Å². The van der Waals surface area contributed by atoms with Crippen LogP contribution in [-0.4, -0.2) is 10.7 Å².